The monoisotopic (exact) mass is 268 g/mol. The lowest BCUT2D eigenvalue weighted by Gasteiger charge is -2.70. The molecule has 0 radical (unpaired) electrons. The first kappa shape index (κ1) is 12.1. The molecule has 2 aliphatic carbocycles. The van der Waals surface area contributed by atoms with Gasteiger partial charge in [-0.25, -0.2) is 0 Å². The van der Waals surface area contributed by atoms with Gasteiger partial charge in [-0.2, -0.15) is 0 Å². The first-order valence-corrected chi connectivity index (χ1v) is 7.14. The highest BCUT2D eigenvalue weighted by atomic mass is 16.6. The number of aliphatic hydroxyl groups excluding tert-OH is 1. The molecular formula is C14H20O5. The molecule has 6 atom stereocenters. The molecule has 1 N–H and O–H groups in total. The normalized spacial score (nSPS) is 54.2. The minimum absolute atomic E-state index is 0.000694. The number of carbonyl (C=O) groups excluding carboxylic acids is 1. The summed E-state index contributed by atoms with van der Waals surface area (Å²) < 4.78 is 17.3. The van der Waals surface area contributed by atoms with E-state index in [0.29, 0.717) is 12.5 Å². The van der Waals surface area contributed by atoms with E-state index in [4.69, 9.17) is 14.2 Å². The highest BCUT2D eigenvalue weighted by molar-refractivity contribution is 5.66. The fourth-order valence-electron chi connectivity index (χ4n) is 5.31. The van der Waals surface area contributed by atoms with Gasteiger partial charge in [-0.15, -0.1) is 0 Å². The van der Waals surface area contributed by atoms with Crippen LogP contribution in [0.15, 0.2) is 0 Å². The molecule has 2 saturated heterocycles. The number of aliphatic hydroxyl groups is 1. The van der Waals surface area contributed by atoms with Crippen LogP contribution in [-0.4, -0.2) is 49.2 Å². The summed E-state index contributed by atoms with van der Waals surface area (Å²) in [5, 5.41) is 9.81. The van der Waals surface area contributed by atoms with E-state index in [0.717, 1.165) is 25.9 Å². The number of ether oxygens (including phenoxy) is 3. The third-order valence-electron chi connectivity index (χ3n) is 5.93. The van der Waals surface area contributed by atoms with Gasteiger partial charge in [0, 0.05) is 24.4 Å². The molecule has 2 saturated carbocycles. The second-order valence-electron chi connectivity index (χ2n) is 6.62. The zero-order chi connectivity index (χ0) is 13.3. The maximum absolute atomic E-state index is 11.3. The lowest BCUT2D eigenvalue weighted by molar-refractivity contribution is -0.334. The van der Waals surface area contributed by atoms with Crippen molar-refractivity contribution in [3.05, 3.63) is 0 Å². The Morgan fingerprint density at radius 1 is 1.47 bits per heavy atom. The summed E-state index contributed by atoms with van der Waals surface area (Å²) >= 11 is 0. The average molecular weight is 268 g/mol. The van der Waals surface area contributed by atoms with Crippen molar-refractivity contribution in [3.63, 3.8) is 0 Å². The SMILES string of the molecule is CC(=O)O[C@@H]1C[C@@]23CCO[C@@H]2[C@@]2(CO)CO[C@@H]1C[C@H]23. The smallest absolute Gasteiger partial charge is 0.302 e. The van der Waals surface area contributed by atoms with Gasteiger partial charge in [-0.1, -0.05) is 0 Å². The van der Waals surface area contributed by atoms with Crippen LogP contribution in [0.25, 0.3) is 0 Å². The summed E-state index contributed by atoms with van der Waals surface area (Å²) in [6.45, 7) is 2.87. The molecule has 5 nitrogen and oxygen atoms in total. The Morgan fingerprint density at radius 3 is 3.05 bits per heavy atom. The van der Waals surface area contributed by atoms with Gasteiger partial charge >= 0.3 is 5.97 Å². The van der Waals surface area contributed by atoms with E-state index in [1.54, 1.807) is 0 Å². The molecule has 4 fully saturated rings. The minimum Gasteiger partial charge on any atom is -0.460 e. The van der Waals surface area contributed by atoms with Crippen LogP contribution < -0.4 is 0 Å². The average Bonchev–Trinajstić information content (AvgIpc) is 2.72. The molecule has 19 heavy (non-hydrogen) atoms. The Hall–Kier alpha value is -0.650. The number of carbonyl (C=O) groups is 1. The van der Waals surface area contributed by atoms with Gasteiger partial charge in [0.15, 0.2) is 0 Å². The molecule has 2 heterocycles. The van der Waals surface area contributed by atoms with Crippen molar-refractivity contribution in [2.45, 2.75) is 44.5 Å². The molecule has 5 heteroatoms. The molecule has 2 bridgehead atoms. The largest absolute Gasteiger partial charge is 0.460 e. The van der Waals surface area contributed by atoms with Crippen LogP contribution >= 0.6 is 0 Å². The first-order valence-electron chi connectivity index (χ1n) is 7.14. The summed E-state index contributed by atoms with van der Waals surface area (Å²) in [6, 6.07) is 0. The van der Waals surface area contributed by atoms with Gasteiger partial charge in [-0.05, 0) is 25.2 Å². The van der Waals surface area contributed by atoms with Gasteiger partial charge in [0.1, 0.15) is 6.10 Å². The zero-order valence-corrected chi connectivity index (χ0v) is 11.1. The van der Waals surface area contributed by atoms with E-state index in [9.17, 15) is 9.90 Å². The predicted molar refractivity (Wildman–Crippen MR) is 64.3 cm³/mol. The summed E-state index contributed by atoms with van der Waals surface area (Å²) in [7, 11) is 0. The number of rotatable bonds is 2. The van der Waals surface area contributed by atoms with Crippen LogP contribution in [-0.2, 0) is 19.0 Å². The molecular weight excluding hydrogens is 248 g/mol. The quantitative estimate of drug-likeness (QED) is 0.739. The van der Waals surface area contributed by atoms with Crippen molar-refractivity contribution in [1.29, 1.82) is 0 Å². The van der Waals surface area contributed by atoms with Crippen molar-refractivity contribution < 1.29 is 24.1 Å². The summed E-state index contributed by atoms with van der Waals surface area (Å²) in [6.07, 6.45) is 2.67. The number of esters is 1. The summed E-state index contributed by atoms with van der Waals surface area (Å²) in [5.74, 6) is 0.222. The van der Waals surface area contributed by atoms with E-state index < -0.39 is 0 Å². The van der Waals surface area contributed by atoms with Gasteiger partial charge < -0.3 is 19.3 Å². The molecule has 4 rings (SSSR count). The van der Waals surface area contributed by atoms with Crippen molar-refractivity contribution in [2.24, 2.45) is 16.7 Å². The first-order chi connectivity index (χ1) is 9.12. The molecule has 0 aromatic rings. The number of fused-ring (bicyclic) bond motifs is 2. The maximum Gasteiger partial charge on any atom is 0.302 e. The van der Waals surface area contributed by atoms with Crippen molar-refractivity contribution in [2.75, 3.05) is 19.8 Å². The highest BCUT2D eigenvalue weighted by Gasteiger charge is 2.77. The summed E-state index contributed by atoms with van der Waals surface area (Å²) in [5.41, 5.74) is -0.0860. The lowest BCUT2D eigenvalue weighted by Crippen LogP contribution is -2.76. The zero-order valence-electron chi connectivity index (χ0n) is 11.1. The molecule has 0 aromatic heterocycles. The van der Waals surface area contributed by atoms with E-state index in [-0.39, 0.29) is 41.7 Å². The molecule has 4 aliphatic rings. The van der Waals surface area contributed by atoms with E-state index in [2.05, 4.69) is 0 Å². The van der Waals surface area contributed by atoms with E-state index in [1.165, 1.54) is 6.92 Å². The molecule has 1 spiro atoms. The molecule has 2 aliphatic heterocycles. The van der Waals surface area contributed by atoms with Crippen molar-refractivity contribution in [3.8, 4) is 0 Å². The van der Waals surface area contributed by atoms with Crippen LogP contribution in [0.2, 0.25) is 0 Å². The topological polar surface area (TPSA) is 65.0 Å². The lowest BCUT2D eigenvalue weighted by atomic mass is 9.38. The van der Waals surface area contributed by atoms with Crippen molar-refractivity contribution in [1.82, 2.24) is 0 Å². The van der Waals surface area contributed by atoms with E-state index >= 15 is 0 Å². The second-order valence-corrected chi connectivity index (χ2v) is 6.62. The van der Waals surface area contributed by atoms with Gasteiger partial charge in [0.25, 0.3) is 0 Å². The predicted octanol–water partition coefficient (Wildman–Crippen LogP) is 0.494. The molecule has 0 aromatic carbocycles. The minimum atomic E-state index is -0.239. The number of hydrogen-bond acceptors (Lipinski definition) is 5. The van der Waals surface area contributed by atoms with Crippen LogP contribution in [0, 0.1) is 16.7 Å². The van der Waals surface area contributed by atoms with Crippen LogP contribution in [0.1, 0.15) is 26.2 Å². The fourth-order valence-corrected chi connectivity index (χ4v) is 5.31. The molecule has 0 unspecified atom stereocenters. The Balaban J connectivity index is 1.67. The van der Waals surface area contributed by atoms with Crippen LogP contribution in [0.5, 0.6) is 0 Å². The maximum atomic E-state index is 11.3. The Labute approximate surface area is 112 Å². The Morgan fingerprint density at radius 2 is 2.32 bits per heavy atom. The van der Waals surface area contributed by atoms with Crippen LogP contribution in [0.4, 0.5) is 0 Å². The Bertz CT molecular complexity index is 424. The molecule has 0 amide bonds. The Kier molecular flexibility index (Phi) is 2.37. The highest BCUT2D eigenvalue weighted by Crippen LogP contribution is 2.72. The second kappa shape index (κ2) is 3.71. The third kappa shape index (κ3) is 1.29. The van der Waals surface area contributed by atoms with Gasteiger partial charge in [-0.3, -0.25) is 4.79 Å². The summed E-state index contributed by atoms with van der Waals surface area (Å²) in [4.78, 5) is 11.3. The van der Waals surface area contributed by atoms with E-state index in [1.807, 2.05) is 0 Å². The van der Waals surface area contributed by atoms with Crippen LogP contribution in [0.3, 0.4) is 0 Å². The van der Waals surface area contributed by atoms with Gasteiger partial charge in [0.05, 0.1) is 25.4 Å². The van der Waals surface area contributed by atoms with Gasteiger partial charge in [0.2, 0.25) is 0 Å². The fraction of sp³-hybridized carbons (Fsp3) is 0.929. The van der Waals surface area contributed by atoms with Crippen molar-refractivity contribution >= 4 is 5.97 Å². The standard InChI is InChI=1S/C14H20O5/c1-8(16)19-10-5-13-2-3-17-12(13)14(6-15)7-18-9(10)4-11(13)14/h9-12,15H,2-7H2,1H3/t9-,10-,11+,12+,13-,14+/m1/s1. The third-order valence-corrected chi connectivity index (χ3v) is 5.93. The number of hydrogen-bond donors (Lipinski definition) is 1. The molecule has 106 valence electrons.